The third kappa shape index (κ3) is 2.48. The maximum atomic E-state index is 13.6. The lowest BCUT2D eigenvalue weighted by molar-refractivity contribution is 0.0951. The van der Waals surface area contributed by atoms with E-state index in [9.17, 15) is 9.18 Å². The Kier molecular flexibility index (Phi) is 3.58. The second-order valence-electron chi connectivity index (χ2n) is 4.82. The van der Waals surface area contributed by atoms with Crippen LogP contribution in [0.2, 0.25) is 0 Å². The van der Waals surface area contributed by atoms with E-state index in [1.54, 1.807) is 12.1 Å². The molecule has 4 heteroatoms. The summed E-state index contributed by atoms with van der Waals surface area (Å²) in [5.41, 5.74) is 1.21. The molecule has 2 aromatic carbocycles. The molecule has 2 unspecified atom stereocenters. The van der Waals surface area contributed by atoms with Crippen LogP contribution in [-0.4, -0.2) is 18.4 Å². The maximum Gasteiger partial charge on any atom is 0.184 e. The molecule has 0 saturated carbocycles. The Hall–Kier alpha value is -2.04. The molecule has 2 atom stereocenters. The molecule has 0 bridgehead atoms. The van der Waals surface area contributed by atoms with Gasteiger partial charge in [-0.3, -0.25) is 15.4 Å². The van der Waals surface area contributed by atoms with Gasteiger partial charge in [0.15, 0.2) is 5.78 Å². The van der Waals surface area contributed by atoms with Crippen molar-refractivity contribution in [3.63, 3.8) is 0 Å². The van der Waals surface area contributed by atoms with Crippen LogP contribution in [0.15, 0.2) is 54.6 Å². The molecular weight excluding hydrogens is 255 g/mol. The van der Waals surface area contributed by atoms with Gasteiger partial charge in [0.25, 0.3) is 0 Å². The number of hydrogen-bond donors (Lipinski definition) is 2. The highest BCUT2D eigenvalue weighted by Gasteiger charge is 2.30. The summed E-state index contributed by atoms with van der Waals surface area (Å²) in [6, 6.07) is 15.5. The van der Waals surface area contributed by atoms with Crippen molar-refractivity contribution in [2.75, 3.05) is 6.54 Å². The molecule has 0 radical (unpaired) electrons. The quantitative estimate of drug-likeness (QED) is 0.841. The average Bonchev–Trinajstić information content (AvgIpc) is 2.98. The van der Waals surface area contributed by atoms with Crippen molar-refractivity contribution in [1.29, 1.82) is 0 Å². The summed E-state index contributed by atoms with van der Waals surface area (Å²) in [6.45, 7) is 0.493. The van der Waals surface area contributed by atoms with E-state index in [0.29, 0.717) is 6.54 Å². The third-order valence-electron chi connectivity index (χ3n) is 3.48. The van der Waals surface area contributed by atoms with Gasteiger partial charge in [-0.1, -0.05) is 42.5 Å². The topological polar surface area (TPSA) is 41.1 Å². The minimum absolute atomic E-state index is 0.0723. The number of halogens is 1. The van der Waals surface area contributed by atoms with E-state index in [-0.39, 0.29) is 17.5 Å². The van der Waals surface area contributed by atoms with Crippen molar-refractivity contribution in [1.82, 2.24) is 10.6 Å². The van der Waals surface area contributed by atoms with Gasteiger partial charge < -0.3 is 0 Å². The zero-order chi connectivity index (χ0) is 13.9. The lowest BCUT2D eigenvalue weighted by atomic mass is 10.0. The average molecular weight is 270 g/mol. The summed E-state index contributed by atoms with van der Waals surface area (Å²) >= 11 is 0. The molecule has 0 spiro atoms. The van der Waals surface area contributed by atoms with E-state index in [0.717, 1.165) is 5.56 Å². The van der Waals surface area contributed by atoms with Crippen LogP contribution in [0.25, 0.3) is 0 Å². The lowest BCUT2D eigenvalue weighted by Crippen LogP contribution is -2.34. The standard InChI is InChI=1S/C16H15FN2O/c17-13-9-5-4-8-12(13)15(20)14-10-18-16(19-14)11-6-2-1-3-7-11/h1-9,14,16,18-19H,10H2. The van der Waals surface area contributed by atoms with Crippen LogP contribution >= 0.6 is 0 Å². The zero-order valence-corrected chi connectivity index (χ0v) is 10.8. The molecule has 0 amide bonds. The van der Waals surface area contributed by atoms with E-state index < -0.39 is 11.9 Å². The van der Waals surface area contributed by atoms with Crippen LogP contribution in [0.5, 0.6) is 0 Å². The van der Waals surface area contributed by atoms with Gasteiger partial charge in [0.2, 0.25) is 0 Å². The summed E-state index contributed by atoms with van der Waals surface area (Å²) < 4.78 is 13.6. The Morgan fingerprint density at radius 2 is 1.75 bits per heavy atom. The van der Waals surface area contributed by atoms with Gasteiger partial charge >= 0.3 is 0 Å². The summed E-state index contributed by atoms with van der Waals surface area (Å²) in [5, 5.41) is 6.44. The summed E-state index contributed by atoms with van der Waals surface area (Å²) in [5.74, 6) is -0.684. The van der Waals surface area contributed by atoms with Crippen molar-refractivity contribution >= 4 is 5.78 Å². The molecule has 20 heavy (non-hydrogen) atoms. The monoisotopic (exact) mass is 270 g/mol. The van der Waals surface area contributed by atoms with E-state index in [2.05, 4.69) is 10.6 Å². The molecule has 1 fully saturated rings. The first kappa shape index (κ1) is 13.0. The Morgan fingerprint density at radius 3 is 2.50 bits per heavy atom. The first-order valence-corrected chi connectivity index (χ1v) is 6.59. The maximum absolute atomic E-state index is 13.6. The van der Waals surface area contributed by atoms with Gasteiger partial charge in [-0.05, 0) is 17.7 Å². The number of ketones is 1. The molecule has 1 aliphatic heterocycles. The number of hydrogen-bond acceptors (Lipinski definition) is 3. The fourth-order valence-corrected chi connectivity index (χ4v) is 2.43. The minimum Gasteiger partial charge on any atom is -0.296 e. The van der Waals surface area contributed by atoms with Gasteiger partial charge in [0.1, 0.15) is 5.82 Å². The van der Waals surface area contributed by atoms with Crippen LogP contribution in [0.1, 0.15) is 22.1 Å². The Labute approximate surface area is 116 Å². The van der Waals surface area contributed by atoms with E-state index in [1.807, 2.05) is 30.3 Å². The predicted molar refractivity (Wildman–Crippen MR) is 74.8 cm³/mol. The van der Waals surface area contributed by atoms with Crippen LogP contribution in [0, 0.1) is 5.82 Å². The molecule has 1 heterocycles. The number of nitrogens with one attached hydrogen (secondary N) is 2. The Morgan fingerprint density at radius 1 is 1.05 bits per heavy atom. The van der Waals surface area contributed by atoms with Crippen molar-refractivity contribution in [3.05, 3.63) is 71.5 Å². The van der Waals surface area contributed by atoms with E-state index in [4.69, 9.17) is 0 Å². The molecule has 3 rings (SSSR count). The number of carbonyl (C=O) groups excluding carboxylic acids is 1. The van der Waals surface area contributed by atoms with Crippen molar-refractivity contribution < 1.29 is 9.18 Å². The molecule has 2 N–H and O–H groups in total. The minimum atomic E-state index is -0.470. The molecule has 1 aliphatic rings. The highest BCUT2D eigenvalue weighted by atomic mass is 19.1. The molecule has 102 valence electrons. The van der Waals surface area contributed by atoms with Crippen LogP contribution in [-0.2, 0) is 0 Å². The number of Topliss-reactive ketones (excluding diaryl/α,β-unsaturated/α-hetero) is 1. The first-order valence-electron chi connectivity index (χ1n) is 6.59. The van der Waals surface area contributed by atoms with Gasteiger partial charge in [-0.25, -0.2) is 4.39 Å². The second kappa shape index (κ2) is 5.53. The predicted octanol–water partition coefficient (Wildman–Crippen LogP) is 2.27. The Bertz CT molecular complexity index is 615. The lowest BCUT2D eigenvalue weighted by Gasteiger charge is -2.13. The Balaban J connectivity index is 1.75. The van der Waals surface area contributed by atoms with Crippen molar-refractivity contribution in [2.24, 2.45) is 0 Å². The van der Waals surface area contributed by atoms with Crippen molar-refractivity contribution in [2.45, 2.75) is 12.2 Å². The summed E-state index contributed by atoms with van der Waals surface area (Å²) in [4.78, 5) is 12.3. The fourth-order valence-electron chi connectivity index (χ4n) is 2.43. The van der Waals surface area contributed by atoms with Gasteiger partial charge in [-0.2, -0.15) is 0 Å². The van der Waals surface area contributed by atoms with E-state index >= 15 is 0 Å². The smallest absolute Gasteiger partial charge is 0.184 e. The molecule has 3 nitrogen and oxygen atoms in total. The molecule has 0 aliphatic carbocycles. The largest absolute Gasteiger partial charge is 0.296 e. The highest BCUT2D eigenvalue weighted by molar-refractivity contribution is 6.00. The SMILES string of the molecule is O=C(c1ccccc1F)C1CNC(c2ccccc2)N1. The number of benzene rings is 2. The normalized spacial score (nSPS) is 21.9. The molecule has 1 saturated heterocycles. The van der Waals surface area contributed by atoms with E-state index in [1.165, 1.54) is 12.1 Å². The zero-order valence-electron chi connectivity index (χ0n) is 10.8. The van der Waals surface area contributed by atoms with Gasteiger partial charge in [-0.15, -0.1) is 0 Å². The second-order valence-corrected chi connectivity index (χ2v) is 4.82. The number of rotatable bonds is 3. The van der Waals surface area contributed by atoms with Crippen LogP contribution < -0.4 is 10.6 Å². The number of carbonyl (C=O) groups is 1. The first-order chi connectivity index (χ1) is 9.75. The highest BCUT2D eigenvalue weighted by Crippen LogP contribution is 2.17. The van der Waals surface area contributed by atoms with Crippen LogP contribution in [0.3, 0.4) is 0 Å². The molecular formula is C16H15FN2O. The molecule has 0 aromatic heterocycles. The van der Waals surface area contributed by atoms with Gasteiger partial charge in [0.05, 0.1) is 17.8 Å². The summed E-state index contributed by atoms with van der Waals surface area (Å²) in [7, 11) is 0. The molecule has 2 aromatic rings. The fraction of sp³-hybridized carbons (Fsp3) is 0.188. The van der Waals surface area contributed by atoms with Gasteiger partial charge in [0, 0.05) is 6.54 Å². The van der Waals surface area contributed by atoms with Crippen molar-refractivity contribution in [3.8, 4) is 0 Å². The third-order valence-corrected chi connectivity index (χ3v) is 3.48. The summed E-state index contributed by atoms with van der Waals surface area (Å²) in [6.07, 6.45) is -0.0723. The van der Waals surface area contributed by atoms with Crippen LogP contribution in [0.4, 0.5) is 4.39 Å².